The summed E-state index contributed by atoms with van der Waals surface area (Å²) in [6.45, 7) is 4.34. The van der Waals surface area contributed by atoms with Gasteiger partial charge in [-0.2, -0.15) is 0 Å². The third-order valence-corrected chi connectivity index (χ3v) is 6.43. The van der Waals surface area contributed by atoms with Gasteiger partial charge in [-0.25, -0.2) is 0 Å². The second kappa shape index (κ2) is 7.17. The number of rotatable bonds is 2. The van der Waals surface area contributed by atoms with Crippen LogP contribution in [-0.4, -0.2) is 35.6 Å². The lowest BCUT2D eigenvalue weighted by atomic mass is 9.86. The number of nitrogens with zero attached hydrogens (tertiary/aromatic N) is 2. The molecule has 0 N–H and O–H groups in total. The SMILES string of the molecule is CC(=O)c1ccc2c(c1)[C@@H]1[C@@H](CCN1C(C)=O)CN2C(=O)c1ccccc1Br. The van der Waals surface area contributed by atoms with Gasteiger partial charge in [-0.15, -0.1) is 0 Å². The number of likely N-dealkylation sites (tertiary alicyclic amines) is 1. The molecular weight excluding hydrogens is 420 g/mol. The normalized spacial score (nSPS) is 20.5. The van der Waals surface area contributed by atoms with E-state index in [1.807, 2.05) is 35.2 Å². The number of fused-ring (bicyclic) bond motifs is 3. The van der Waals surface area contributed by atoms with Gasteiger partial charge in [0.25, 0.3) is 5.91 Å². The maximum atomic E-state index is 13.4. The zero-order valence-corrected chi connectivity index (χ0v) is 17.4. The molecule has 0 saturated carbocycles. The first-order chi connectivity index (χ1) is 13.4. The van der Waals surface area contributed by atoms with E-state index in [0.717, 1.165) is 22.1 Å². The molecule has 1 saturated heterocycles. The molecule has 144 valence electrons. The summed E-state index contributed by atoms with van der Waals surface area (Å²) in [5, 5.41) is 0. The highest BCUT2D eigenvalue weighted by molar-refractivity contribution is 9.10. The van der Waals surface area contributed by atoms with Crippen molar-refractivity contribution in [2.24, 2.45) is 5.92 Å². The summed E-state index contributed by atoms with van der Waals surface area (Å²) in [7, 11) is 0. The average Bonchev–Trinajstić information content (AvgIpc) is 3.11. The van der Waals surface area contributed by atoms with Gasteiger partial charge >= 0.3 is 0 Å². The van der Waals surface area contributed by atoms with Gasteiger partial charge in [0.15, 0.2) is 5.78 Å². The van der Waals surface area contributed by atoms with Crippen molar-refractivity contribution >= 4 is 39.2 Å². The Labute approximate surface area is 172 Å². The lowest BCUT2D eigenvalue weighted by molar-refractivity contribution is -0.130. The molecule has 0 bridgehead atoms. The average molecular weight is 441 g/mol. The molecule has 0 radical (unpaired) electrons. The van der Waals surface area contributed by atoms with Crippen LogP contribution in [0, 0.1) is 5.92 Å². The zero-order chi connectivity index (χ0) is 20.0. The molecule has 0 spiro atoms. The van der Waals surface area contributed by atoms with E-state index < -0.39 is 0 Å². The molecule has 2 atom stereocenters. The Morgan fingerprint density at radius 2 is 1.82 bits per heavy atom. The van der Waals surface area contributed by atoms with Gasteiger partial charge in [-0.1, -0.05) is 12.1 Å². The molecule has 0 aromatic heterocycles. The van der Waals surface area contributed by atoms with Gasteiger partial charge in [-0.3, -0.25) is 14.4 Å². The van der Waals surface area contributed by atoms with Crippen LogP contribution < -0.4 is 4.90 Å². The molecule has 2 aromatic rings. The number of ketones is 1. The van der Waals surface area contributed by atoms with Crippen LogP contribution in [-0.2, 0) is 4.79 Å². The van der Waals surface area contributed by atoms with Crippen LogP contribution in [0.15, 0.2) is 46.9 Å². The smallest absolute Gasteiger partial charge is 0.259 e. The number of anilines is 1. The number of amides is 2. The lowest BCUT2D eigenvalue weighted by Gasteiger charge is -2.39. The fraction of sp³-hybridized carbons (Fsp3) is 0.318. The van der Waals surface area contributed by atoms with E-state index in [1.165, 1.54) is 6.92 Å². The second-order valence-corrected chi connectivity index (χ2v) is 8.29. The molecule has 0 aliphatic carbocycles. The predicted octanol–water partition coefficient (Wildman–Crippen LogP) is 4.22. The number of halogens is 1. The Morgan fingerprint density at radius 3 is 2.50 bits per heavy atom. The molecular formula is C22H21BrN2O3. The minimum atomic E-state index is -0.0879. The molecule has 28 heavy (non-hydrogen) atoms. The highest BCUT2D eigenvalue weighted by atomic mass is 79.9. The Bertz CT molecular complexity index is 987. The van der Waals surface area contributed by atoms with Crippen LogP contribution >= 0.6 is 15.9 Å². The van der Waals surface area contributed by atoms with Crippen molar-refractivity contribution in [1.82, 2.24) is 4.90 Å². The standard InChI is InChI=1S/C22H21BrN2O3/c1-13(26)15-7-8-20-18(11-15)21-16(9-10-24(21)14(2)27)12-25(20)22(28)17-5-3-4-6-19(17)23/h3-8,11,16,21H,9-10,12H2,1-2H3/t16-,21-/m0/s1. The van der Waals surface area contributed by atoms with Crippen molar-refractivity contribution in [3.05, 3.63) is 63.6 Å². The van der Waals surface area contributed by atoms with E-state index in [2.05, 4.69) is 15.9 Å². The number of benzene rings is 2. The quantitative estimate of drug-likeness (QED) is 0.656. The first-order valence-corrected chi connectivity index (χ1v) is 10.2. The summed E-state index contributed by atoms with van der Waals surface area (Å²) in [5.74, 6) is 0.0762. The van der Waals surface area contributed by atoms with E-state index >= 15 is 0 Å². The van der Waals surface area contributed by atoms with Gasteiger partial charge < -0.3 is 9.80 Å². The first kappa shape index (κ1) is 18.9. The van der Waals surface area contributed by atoms with Crippen molar-refractivity contribution in [2.45, 2.75) is 26.3 Å². The fourth-order valence-electron chi connectivity index (χ4n) is 4.38. The fourth-order valence-corrected chi connectivity index (χ4v) is 4.84. The molecule has 2 aliphatic heterocycles. The first-order valence-electron chi connectivity index (χ1n) is 9.37. The van der Waals surface area contributed by atoms with Crippen LogP contribution in [0.3, 0.4) is 0 Å². The molecule has 6 heteroatoms. The number of carbonyl (C=O) groups is 3. The molecule has 5 nitrogen and oxygen atoms in total. The predicted molar refractivity (Wildman–Crippen MR) is 111 cm³/mol. The van der Waals surface area contributed by atoms with Crippen molar-refractivity contribution in [3.63, 3.8) is 0 Å². The zero-order valence-electron chi connectivity index (χ0n) is 15.8. The second-order valence-electron chi connectivity index (χ2n) is 7.43. The number of hydrogen-bond acceptors (Lipinski definition) is 3. The van der Waals surface area contributed by atoms with Crippen molar-refractivity contribution < 1.29 is 14.4 Å². The molecule has 2 amide bonds. The maximum absolute atomic E-state index is 13.4. The Morgan fingerprint density at radius 1 is 1.07 bits per heavy atom. The third kappa shape index (κ3) is 3.05. The van der Waals surface area contributed by atoms with Crippen molar-refractivity contribution in [1.29, 1.82) is 0 Å². The Balaban J connectivity index is 1.84. The summed E-state index contributed by atoms with van der Waals surface area (Å²) in [6.07, 6.45) is 0.841. The van der Waals surface area contributed by atoms with E-state index in [9.17, 15) is 14.4 Å². The summed E-state index contributed by atoms with van der Waals surface area (Å²) in [5.41, 5.74) is 2.87. The summed E-state index contributed by atoms with van der Waals surface area (Å²) in [4.78, 5) is 41.2. The Hall–Kier alpha value is -2.47. The Kier molecular flexibility index (Phi) is 4.83. The molecule has 2 aromatic carbocycles. The highest BCUT2D eigenvalue weighted by Gasteiger charge is 2.44. The van der Waals surface area contributed by atoms with Gasteiger partial charge in [0.1, 0.15) is 0 Å². The monoisotopic (exact) mass is 440 g/mol. The summed E-state index contributed by atoms with van der Waals surface area (Å²) >= 11 is 3.47. The summed E-state index contributed by atoms with van der Waals surface area (Å²) in [6, 6.07) is 12.7. The molecule has 1 fully saturated rings. The molecule has 0 unspecified atom stereocenters. The van der Waals surface area contributed by atoms with E-state index in [-0.39, 0.29) is 29.6 Å². The van der Waals surface area contributed by atoms with Crippen LogP contribution in [0.2, 0.25) is 0 Å². The minimum Gasteiger partial charge on any atom is -0.335 e. The van der Waals surface area contributed by atoms with Crippen LogP contribution in [0.4, 0.5) is 5.69 Å². The molecule has 2 aliphatic rings. The van der Waals surface area contributed by atoms with Crippen LogP contribution in [0.1, 0.15) is 52.6 Å². The highest BCUT2D eigenvalue weighted by Crippen LogP contribution is 2.46. The van der Waals surface area contributed by atoms with Crippen LogP contribution in [0.25, 0.3) is 0 Å². The maximum Gasteiger partial charge on any atom is 0.259 e. The van der Waals surface area contributed by atoms with Gasteiger partial charge in [0, 0.05) is 41.7 Å². The van der Waals surface area contributed by atoms with Gasteiger partial charge in [0.05, 0.1) is 11.6 Å². The molecule has 2 heterocycles. The third-order valence-electron chi connectivity index (χ3n) is 5.74. The van der Waals surface area contributed by atoms with E-state index in [4.69, 9.17) is 0 Å². The number of Topliss-reactive ketones (excluding diaryl/α,β-unsaturated/α-hetero) is 1. The minimum absolute atomic E-state index is 0.0252. The van der Waals surface area contributed by atoms with Crippen molar-refractivity contribution in [3.8, 4) is 0 Å². The topological polar surface area (TPSA) is 57.7 Å². The number of carbonyl (C=O) groups excluding carboxylic acids is 3. The van der Waals surface area contributed by atoms with E-state index in [0.29, 0.717) is 24.2 Å². The van der Waals surface area contributed by atoms with Gasteiger partial charge in [0.2, 0.25) is 5.91 Å². The summed E-state index contributed by atoms with van der Waals surface area (Å²) < 4.78 is 0.751. The van der Waals surface area contributed by atoms with Crippen LogP contribution in [0.5, 0.6) is 0 Å². The number of hydrogen-bond donors (Lipinski definition) is 0. The van der Waals surface area contributed by atoms with Gasteiger partial charge in [-0.05, 0) is 65.2 Å². The molecule has 4 rings (SSSR count). The van der Waals surface area contributed by atoms with Crippen molar-refractivity contribution in [2.75, 3.05) is 18.0 Å². The largest absolute Gasteiger partial charge is 0.335 e. The lowest BCUT2D eigenvalue weighted by Crippen LogP contribution is -2.43. The van der Waals surface area contributed by atoms with E-state index in [1.54, 1.807) is 24.0 Å².